The fraction of sp³-hybridized carbons (Fsp3) is 0.333. The van der Waals surface area contributed by atoms with Crippen molar-refractivity contribution in [2.24, 2.45) is 5.92 Å². The summed E-state index contributed by atoms with van der Waals surface area (Å²) < 4.78 is 11.0. The molecule has 0 amide bonds. The van der Waals surface area contributed by atoms with Crippen molar-refractivity contribution >= 4 is 23.5 Å². The summed E-state index contributed by atoms with van der Waals surface area (Å²) in [6, 6.07) is 8.76. The van der Waals surface area contributed by atoms with Crippen molar-refractivity contribution in [3.8, 4) is 11.5 Å². The number of ether oxygens (including phenoxy) is 2. The van der Waals surface area contributed by atoms with Crippen LogP contribution >= 0.6 is 0 Å². The van der Waals surface area contributed by atoms with Gasteiger partial charge in [-0.25, -0.2) is 0 Å². The van der Waals surface area contributed by atoms with E-state index in [1.165, 1.54) is 42.5 Å². The summed E-state index contributed by atoms with van der Waals surface area (Å²) in [5, 5.41) is 21.4. The minimum absolute atomic E-state index is 0.0106. The van der Waals surface area contributed by atoms with Crippen molar-refractivity contribution in [2.45, 2.75) is 26.3 Å². The van der Waals surface area contributed by atoms with E-state index in [0.717, 1.165) is 19.4 Å². The summed E-state index contributed by atoms with van der Waals surface area (Å²) >= 11 is 0. The van der Waals surface area contributed by atoms with Crippen LogP contribution in [-0.2, 0) is 16.1 Å². The standard InChI is InChI=1S/C24H24N2O7/c1-2-32-24(29)16-4-3-11-25(13-16)14-19-20(27)10-9-18-22(28)21(33-23(18)19)12-15-5-7-17(8-6-15)26(30)31/h5-10,12,16,27H,2-4,11,13-14H2,1H3/b21-12-. The van der Waals surface area contributed by atoms with Gasteiger partial charge in [-0.2, -0.15) is 0 Å². The number of nitrogens with zero attached hydrogens (tertiary/aromatic N) is 2. The van der Waals surface area contributed by atoms with Crippen LogP contribution in [0.5, 0.6) is 11.5 Å². The third kappa shape index (κ3) is 4.73. The predicted octanol–water partition coefficient (Wildman–Crippen LogP) is 3.69. The van der Waals surface area contributed by atoms with Gasteiger partial charge in [-0.1, -0.05) is 0 Å². The number of hydrogen-bond donors (Lipinski definition) is 1. The van der Waals surface area contributed by atoms with Gasteiger partial charge in [-0.05, 0) is 62.2 Å². The first-order valence-electron chi connectivity index (χ1n) is 10.8. The van der Waals surface area contributed by atoms with E-state index in [0.29, 0.717) is 42.1 Å². The van der Waals surface area contributed by atoms with E-state index in [1.807, 2.05) is 4.90 Å². The Morgan fingerprint density at radius 2 is 2.06 bits per heavy atom. The number of nitro groups is 1. The quantitative estimate of drug-likeness (QED) is 0.305. The first kappa shape index (κ1) is 22.5. The number of hydrogen-bond acceptors (Lipinski definition) is 8. The maximum Gasteiger partial charge on any atom is 0.310 e. The van der Waals surface area contributed by atoms with Crippen LogP contribution in [0.1, 0.15) is 41.3 Å². The molecule has 0 radical (unpaired) electrons. The average molecular weight is 452 g/mol. The van der Waals surface area contributed by atoms with Gasteiger partial charge >= 0.3 is 5.97 Å². The summed E-state index contributed by atoms with van der Waals surface area (Å²) in [5.41, 5.74) is 1.36. The van der Waals surface area contributed by atoms with E-state index >= 15 is 0 Å². The molecule has 0 spiro atoms. The molecule has 2 aliphatic rings. The van der Waals surface area contributed by atoms with Gasteiger partial charge in [0, 0.05) is 25.2 Å². The lowest BCUT2D eigenvalue weighted by molar-refractivity contribution is -0.384. The number of piperidine rings is 1. The Bertz CT molecular complexity index is 1120. The zero-order valence-electron chi connectivity index (χ0n) is 18.2. The predicted molar refractivity (Wildman–Crippen MR) is 119 cm³/mol. The van der Waals surface area contributed by atoms with Gasteiger partial charge < -0.3 is 14.6 Å². The van der Waals surface area contributed by atoms with Crippen molar-refractivity contribution in [1.82, 2.24) is 4.90 Å². The highest BCUT2D eigenvalue weighted by Crippen LogP contribution is 2.40. The van der Waals surface area contributed by atoms with Gasteiger partial charge in [0.05, 0.1) is 28.6 Å². The number of phenolic OH excluding ortho intramolecular Hbond substituents is 1. The number of carbonyl (C=O) groups is 2. The minimum Gasteiger partial charge on any atom is -0.507 e. The van der Waals surface area contributed by atoms with Crippen molar-refractivity contribution in [3.63, 3.8) is 0 Å². The first-order chi connectivity index (χ1) is 15.9. The van der Waals surface area contributed by atoms with Crippen LogP contribution < -0.4 is 4.74 Å². The summed E-state index contributed by atoms with van der Waals surface area (Å²) in [7, 11) is 0. The van der Waals surface area contributed by atoms with Crippen LogP contribution in [0.4, 0.5) is 5.69 Å². The second kappa shape index (κ2) is 9.41. The highest BCUT2D eigenvalue weighted by molar-refractivity contribution is 6.15. The van der Waals surface area contributed by atoms with Crippen LogP contribution in [-0.4, -0.2) is 46.4 Å². The zero-order chi connectivity index (χ0) is 23.5. The molecule has 1 unspecified atom stereocenters. The molecular formula is C24H24N2O7. The molecule has 9 nitrogen and oxygen atoms in total. The molecule has 172 valence electrons. The Morgan fingerprint density at radius 1 is 1.30 bits per heavy atom. The van der Waals surface area contributed by atoms with E-state index in [9.17, 15) is 24.8 Å². The highest BCUT2D eigenvalue weighted by atomic mass is 16.6. The van der Waals surface area contributed by atoms with Gasteiger partial charge in [-0.15, -0.1) is 0 Å². The summed E-state index contributed by atoms with van der Waals surface area (Å²) in [5.74, 6) is -0.383. The van der Waals surface area contributed by atoms with Crippen LogP contribution in [0.15, 0.2) is 42.2 Å². The Kier molecular flexibility index (Phi) is 6.41. The fourth-order valence-electron chi connectivity index (χ4n) is 4.17. The molecule has 0 aromatic heterocycles. The molecule has 4 rings (SSSR count). The monoisotopic (exact) mass is 452 g/mol. The van der Waals surface area contributed by atoms with Gasteiger partial charge in [0.2, 0.25) is 5.78 Å². The number of allylic oxidation sites excluding steroid dienone is 1. The van der Waals surface area contributed by atoms with Gasteiger partial charge in [0.1, 0.15) is 11.5 Å². The topological polar surface area (TPSA) is 119 Å². The van der Waals surface area contributed by atoms with E-state index in [1.54, 1.807) is 6.92 Å². The fourth-order valence-corrected chi connectivity index (χ4v) is 4.17. The first-order valence-corrected chi connectivity index (χ1v) is 10.8. The normalized spacial score (nSPS) is 19.2. The number of fused-ring (bicyclic) bond motifs is 1. The SMILES string of the molecule is CCOC(=O)C1CCCN(Cc2c(O)ccc3c2O/C(=C\c2ccc([N+](=O)[O-])cc2)C3=O)C1. The highest BCUT2D eigenvalue weighted by Gasteiger charge is 2.33. The third-order valence-corrected chi connectivity index (χ3v) is 5.83. The number of non-ortho nitro benzene ring substituents is 1. The molecule has 1 N–H and O–H groups in total. The lowest BCUT2D eigenvalue weighted by atomic mass is 9.97. The largest absolute Gasteiger partial charge is 0.507 e. The van der Waals surface area contributed by atoms with Crippen LogP contribution in [0.3, 0.4) is 0 Å². The van der Waals surface area contributed by atoms with Crippen molar-refractivity contribution in [1.29, 1.82) is 0 Å². The maximum atomic E-state index is 12.9. The number of carbonyl (C=O) groups excluding carboxylic acids is 2. The Balaban J connectivity index is 1.55. The van der Waals surface area contributed by atoms with Crippen molar-refractivity contribution in [2.75, 3.05) is 19.7 Å². The molecule has 9 heteroatoms. The molecule has 33 heavy (non-hydrogen) atoms. The summed E-state index contributed by atoms with van der Waals surface area (Å²) in [4.78, 5) is 37.4. The maximum absolute atomic E-state index is 12.9. The van der Waals surface area contributed by atoms with E-state index < -0.39 is 4.92 Å². The molecule has 2 aliphatic heterocycles. The molecule has 1 saturated heterocycles. The Morgan fingerprint density at radius 3 is 2.76 bits per heavy atom. The van der Waals surface area contributed by atoms with Crippen LogP contribution in [0.2, 0.25) is 0 Å². The Labute approximate surface area is 190 Å². The number of ketones is 1. The average Bonchev–Trinajstić information content (AvgIpc) is 3.12. The third-order valence-electron chi connectivity index (χ3n) is 5.83. The van der Waals surface area contributed by atoms with Crippen molar-refractivity contribution in [3.05, 3.63) is 69.0 Å². The Hall–Kier alpha value is -3.72. The number of likely N-dealkylation sites (tertiary alicyclic amines) is 1. The number of aromatic hydroxyl groups is 1. The van der Waals surface area contributed by atoms with Gasteiger partial charge in [0.15, 0.2) is 5.76 Å². The lowest BCUT2D eigenvalue weighted by Crippen LogP contribution is -2.39. The smallest absolute Gasteiger partial charge is 0.310 e. The number of benzene rings is 2. The molecule has 2 heterocycles. The van der Waals surface area contributed by atoms with E-state index in [4.69, 9.17) is 9.47 Å². The van der Waals surface area contributed by atoms with E-state index in [-0.39, 0.29) is 34.9 Å². The number of Topliss-reactive ketones (excluding diaryl/α,β-unsaturated/α-hetero) is 1. The zero-order valence-corrected chi connectivity index (χ0v) is 18.2. The van der Waals surface area contributed by atoms with Gasteiger partial charge in [-0.3, -0.25) is 24.6 Å². The lowest BCUT2D eigenvalue weighted by Gasteiger charge is -2.31. The van der Waals surface area contributed by atoms with Crippen LogP contribution in [0, 0.1) is 16.0 Å². The number of rotatable bonds is 6. The number of phenols is 1. The number of nitro benzene ring substituents is 1. The molecule has 0 bridgehead atoms. The molecule has 2 aromatic carbocycles. The van der Waals surface area contributed by atoms with Crippen molar-refractivity contribution < 1.29 is 29.1 Å². The number of esters is 1. The van der Waals surface area contributed by atoms with E-state index in [2.05, 4.69) is 0 Å². The summed E-state index contributed by atoms with van der Waals surface area (Å²) in [6.07, 6.45) is 3.10. The second-order valence-corrected chi connectivity index (χ2v) is 8.05. The molecule has 0 saturated carbocycles. The summed E-state index contributed by atoms with van der Waals surface area (Å²) in [6.45, 7) is 3.69. The molecule has 1 atom stereocenters. The molecule has 1 fully saturated rings. The molecular weight excluding hydrogens is 428 g/mol. The molecule has 2 aromatic rings. The minimum atomic E-state index is -0.494. The van der Waals surface area contributed by atoms with Crippen LogP contribution in [0.25, 0.3) is 6.08 Å². The van der Waals surface area contributed by atoms with Gasteiger partial charge in [0.25, 0.3) is 5.69 Å². The molecule has 0 aliphatic carbocycles. The second-order valence-electron chi connectivity index (χ2n) is 8.05.